The van der Waals surface area contributed by atoms with E-state index >= 15 is 0 Å². The minimum atomic E-state index is -3.25. The first-order chi connectivity index (χ1) is 12.5. The molecule has 0 radical (unpaired) electrons. The van der Waals surface area contributed by atoms with Gasteiger partial charge in [-0.05, 0) is 73.1 Å². The highest BCUT2D eigenvalue weighted by atomic mass is 32.2. The monoisotopic (exact) mass is 371 g/mol. The fourth-order valence-corrected chi connectivity index (χ4v) is 5.30. The largest absolute Gasteiger partial charge is 0.457 e. The van der Waals surface area contributed by atoms with Crippen molar-refractivity contribution in [3.05, 3.63) is 53.6 Å². The topological polar surface area (TPSA) is 72.5 Å². The summed E-state index contributed by atoms with van der Waals surface area (Å²) in [6.45, 7) is 0. The van der Waals surface area contributed by atoms with Crippen molar-refractivity contribution in [2.45, 2.75) is 30.1 Å². The maximum Gasteiger partial charge on any atom is 0.251 e. The van der Waals surface area contributed by atoms with Crippen molar-refractivity contribution >= 4 is 15.7 Å². The molecule has 1 fully saturated rings. The third-order valence-electron chi connectivity index (χ3n) is 5.19. The third-order valence-corrected chi connectivity index (χ3v) is 6.98. The second-order valence-corrected chi connectivity index (χ2v) is 9.03. The van der Waals surface area contributed by atoms with Gasteiger partial charge >= 0.3 is 0 Å². The maximum atomic E-state index is 12.5. The van der Waals surface area contributed by atoms with Crippen molar-refractivity contribution < 1.29 is 17.9 Å². The molecular formula is C20H21NO4S. The van der Waals surface area contributed by atoms with Crippen LogP contribution in [-0.4, -0.2) is 27.1 Å². The highest BCUT2D eigenvalue weighted by molar-refractivity contribution is 7.91. The van der Waals surface area contributed by atoms with Crippen LogP contribution in [0.1, 0.15) is 41.1 Å². The lowest BCUT2D eigenvalue weighted by molar-refractivity contribution is 0.0963. The van der Waals surface area contributed by atoms with Gasteiger partial charge in [0.2, 0.25) is 0 Å². The number of nitrogens with one attached hydrogen (secondary N) is 1. The SMILES string of the molecule is CNC(=O)c1ccc(Oc2ccc3c(c2)S(=O)(=O)CCC3C2CC2)cc1. The van der Waals surface area contributed by atoms with E-state index < -0.39 is 9.84 Å². The Kier molecular flexibility index (Phi) is 4.23. The Labute approximate surface area is 153 Å². The summed E-state index contributed by atoms with van der Waals surface area (Å²) in [7, 11) is -1.67. The van der Waals surface area contributed by atoms with Gasteiger partial charge in [-0.2, -0.15) is 0 Å². The number of sulfone groups is 1. The lowest BCUT2D eigenvalue weighted by atomic mass is 9.91. The molecule has 1 aliphatic carbocycles. The van der Waals surface area contributed by atoms with Crippen molar-refractivity contribution in [1.82, 2.24) is 5.32 Å². The van der Waals surface area contributed by atoms with E-state index in [0.29, 0.717) is 33.8 Å². The van der Waals surface area contributed by atoms with E-state index in [1.54, 1.807) is 37.4 Å². The van der Waals surface area contributed by atoms with Crippen LogP contribution in [0.2, 0.25) is 0 Å². The van der Waals surface area contributed by atoms with Gasteiger partial charge in [0.25, 0.3) is 5.91 Å². The molecule has 2 aromatic carbocycles. The minimum absolute atomic E-state index is 0.164. The minimum Gasteiger partial charge on any atom is -0.457 e. The van der Waals surface area contributed by atoms with Crippen molar-refractivity contribution in [1.29, 1.82) is 0 Å². The summed E-state index contributed by atoms with van der Waals surface area (Å²) in [6, 6.07) is 12.1. The first-order valence-electron chi connectivity index (χ1n) is 8.84. The fraction of sp³-hybridized carbons (Fsp3) is 0.350. The molecule has 4 rings (SSSR count). The van der Waals surface area contributed by atoms with E-state index in [-0.39, 0.29) is 11.7 Å². The molecule has 1 saturated carbocycles. The van der Waals surface area contributed by atoms with Gasteiger partial charge in [-0.1, -0.05) is 6.07 Å². The summed E-state index contributed by atoms with van der Waals surface area (Å²) >= 11 is 0. The zero-order chi connectivity index (χ0) is 18.3. The molecular weight excluding hydrogens is 350 g/mol. The van der Waals surface area contributed by atoms with Gasteiger partial charge in [0, 0.05) is 12.6 Å². The smallest absolute Gasteiger partial charge is 0.251 e. The van der Waals surface area contributed by atoms with Crippen LogP contribution in [0.15, 0.2) is 47.4 Å². The van der Waals surface area contributed by atoms with Crippen LogP contribution in [0.5, 0.6) is 11.5 Å². The molecule has 2 aliphatic rings. The average Bonchev–Trinajstić information content (AvgIpc) is 3.47. The molecule has 1 amide bonds. The van der Waals surface area contributed by atoms with Crippen LogP contribution in [0.4, 0.5) is 0 Å². The number of amides is 1. The Morgan fingerprint density at radius 3 is 2.38 bits per heavy atom. The lowest BCUT2D eigenvalue weighted by Crippen LogP contribution is -2.21. The Balaban J connectivity index is 1.61. The van der Waals surface area contributed by atoms with Gasteiger partial charge in [-0.25, -0.2) is 8.42 Å². The quantitative estimate of drug-likeness (QED) is 0.893. The summed E-state index contributed by atoms with van der Waals surface area (Å²) < 4.78 is 30.9. The molecule has 0 saturated heterocycles. The van der Waals surface area contributed by atoms with Crippen LogP contribution in [0.3, 0.4) is 0 Å². The number of ether oxygens (including phenoxy) is 1. The Morgan fingerprint density at radius 2 is 1.73 bits per heavy atom. The number of carbonyl (C=O) groups is 1. The molecule has 2 aromatic rings. The summed E-state index contributed by atoms with van der Waals surface area (Å²) in [5.41, 5.74) is 1.49. The standard InChI is InChI=1S/C20H21NO4S/c1-21-20(22)14-4-6-15(7-5-14)25-16-8-9-18-17(13-2-3-13)10-11-26(23,24)19(18)12-16/h4-9,12-13,17H,2-3,10-11H2,1H3,(H,21,22). The van der Waals surface area contributed by atoms with E-state index in [9.17, 15) is 13.2 Å². The zero-order valence-electron chi connectivity index (χ0n) is 14.6. The molecule has 0 bridgehead atoms. The van der Waals surface area contributed by atoms with Gasteiger partial charge in [-0.3, -0.25) is 4.79 Å². The van der Waals surface area contributed by atoms with Gasteiger partial charge in [0.05, 0.1) is 10.6 Å². The van der Waals surface area contributed by atoms with Gasteiger partial charge in [-0.15, -0.1) is 0 Å². The van der Waals surface area contributed by atoms with Gasteiger partial charge in [0.1, 0.15) is 11.5 Å². The lowest BCUT2D eigenvalue weighted by Gasteiger charge is -2.25. The number of fused-ring (bicyclic) bond motifs is 1. The first kappa shape index (κ1) is 17.1. The van der Waals surface area contributed by atoms with Crippen molar-refractivity contribution in [2.24, 2.45) is 5.92 Å². The molecule has 1 atom stereocenters. The zero-order valence-corrected chi connectivity index (χ0v) is 15.4. The Bertz CT molecular complexity index is 946. The van der Waals surface area contributed by atoms with Crippen LogP contribution in [-0.2, 0) is 9.84 Å². The van der Waals surface area contributed by atoms with Gasteiger partial charge < -0.3 is 10.1 Å². The maximum absolute atomic E-state index is 12.5. The molecule has 26 heavy (non-hydrogen) atoms. The molecule has 5 nitrogen and oxygen atoms in total. The summed E-state index contributed by atoms with van der Waals surface area (Å²) in [5.74, 6) is 2.09. The first-order valence-corrected chi connectivity index (χ1v) is 10.5. The summed E-state index contributed by atoms with van der Waals surface area (Å²) in [4.78, 5) is 12.0. The van der Waals surface area contributed by atoms with E-state index in [4.69, 9.17) is 4.74 Å². The van der Waals surface area contributed by atoms with Gasteiger partial charge in [0.15, 0.2) is 9.84 Å². The molecule has 1 aliphatic heterocycles. The predicted molar refractivity (Wildman–Crippen MR) is 98.5 cm³/mol. The second-order valence-electron chi connectivity index (χ2n) is 6.96. The highest BCUT2D eigenvalue weighted by Crippen LogP contribution is 2.49. The molecule has 136 valence electrons. The third kappa shape index (κ3) is 3.21. The van der Waals surface area contributed by atoms with Crippen LogP contribution < -0.4 is 10.1 Å². The van der Waals surface area contributed by atoms with Crippen molar-refractivity contribution in [3.8, 4) is 11.5 Å². The number of carbonyl (C=O) groups excluding carboxylic acids is 1. The molecule has 1 N–H and O–H groups in total. The predicted octanol–water partition coefficient (Wildman–Crippen LogP) is 3.51. The number of rotatable bonds is 4. The Hall–Kier alpha value is -2.34. The average molecular weight is 371 g/mol. The van der Waals surface area contributed by atoms with Crippen LogP contribution in [0.25, 0.3) is 0 Å². The van der Waals surface area contributed by atoms with E-state index in [2.05, 4.69) is 5.32 Å². The number of hydrogen-bond donors (Lipinski definition) is 1. The van der Waals surface area contributed by atoms with Crippen molar-refractivity contribution in [2.75, 3.05) is 12.8 Å². The fourth-order valence-electron chi connectivity index (χ4n) is 3.64. The summed E-state index contributed by atoms with van der Waals surface area (Å²) in [6.07, 6.45) is 3.11. The number of benzene rings is 2. The van der Waals surface area contributed by atoms with E-state index in [1.807, 2.05) is 12.1 Å². The van der Waals surface area contributed by atoms with E-state index in [1.165, 1.54) is 12.8 Å². The highest BCUT2D eigenvalue weighted by Gasteiger charge is 2.39. The molecule has 0 spiro atoms. The molecule has 6 heteroatoms. The Morgan fingerprint density at radius 1 is 1.04 bits per heavy atom. The van der Waals surface area contributed by atoms with Crippen molar-refractivity contribution in [3.63, 3.8) is 0 Å². The van der Waals surface area contributed by atoms with Crippen LogP contribution >= 0.6 is 0 Å². The van der Waals surface area contributed by atoms with E-state index in [0.717, 1.165) is 12.0 Å². The normalized spacial score (nSPS) is 20.9. The number of hydrogen-bond acceptors (Lipinski definition) is 4. The molecule has 0 aromatic heterocycles. The van der Waals surface area contributed by atoms with Crippen LogP contribution in [0, 0.1) is 5.92 Å². The molecule has 1 unspecified atom stereocenters. The molecule has 1 heterocycles. The second kappa shape index (κ2) is 6.43. The summed E-state index contributed by atoms with van der Waals surface area (Å²) in [5, 5.41) is 2.57.